The van der Waals surface area contributed by atoms with Gasteiger partial charge < -0.3 is 20.3 Å². The SMILES string of the molecule is CCOCCNC(=NC)NCCN(CC)CC.I. The molecule has 0 aromatic carbocycles. The van der Waals surface area contributed by atoms with E-state index in [1.54, 1.807) is 7.05 Å². The third-order valence-electron chi connectivity index (χ3n) is 2.58. The number of halogens is 1. The minimum atomic E-state index is 0. The van der Waals surface area contributed by atoms with E-state index in [1.807, 2.05) is 6.92 Å². The Kier molecular flexibility index (Phi) is 16.8. The molecular formula is C12H29IN4O. The molecule has 0 saturated heterocycles. The lowest BCUT2D eigenvalue weighted by molar-refractivity contribution is 0.152. The molecule has 5 nitrogen and oxygen atoms in total. The maximum Gasteiger partial charge on any atom is 0.191 e. The number of rotatable bonds is 9. The molecule has 0 atom stereocenters. The second-order valence-corrected chi connectivity index (χ2v) is 3.65. The third-order valence-corrected chi connectivity index (χ3v) is 2.58. The monoisotopic (exact) mass is 372 g/mol. The molecule has 0 saturated carbocycles. The molecule has 0 amide bonds. The molecule has 0 fully saturated rings. The summed E-state index contributed by atoms with van der Waals surface area (Å²) in [7, 11) is 1.79. The van der Waals surface area contributed by atoms with Gasteiger partial charge in [0.2, 0.25) is 0 Å². The number of nitrogens with zero attached hydrogens (tertiary/aromatic N) is 2. The Balaban J connectivity index is 0. The number of likely N-dealkylation sites (N-methyl/N-ethyl adjacent to an activating group) is 1. The molecule has 0 aliphatic carbocycles. The Morgan fingerprint density at radius 1 is 1.11 bits per heavy atom. The molecule has 0 radical (unpaired) electrons. The highest BCUT2D eigenvalue weighted by molar-refractivity contribution is 14.0. The maximum absolute atomic E-state index is 5.25. The summed E-state index contributed by atoms with van der Waals surface area (Å²) >= 11 is 0. The fourth-order valence-electron chi connectivity index (χ4n) is 1.48. The van der Waals surface area contributed by atoms with Gasteiger partial charge in [-0.15, -0.1) is 24.0 Å². The van der Waals surface area contributed by atoms with E-state index < -0.39 is 0 Å². The van der Waals surface area contributed by atoms with Crippen molar-refractivity contribution < 1.29 is 4.74 Å². The number of hydrogen-bond donors (Lipinski definition) is 2. The summed E-state index contributed by atoms with van der Waals surface area (Å²) in [6.07, 6.45) is 0. The minimum absolute atomic E-state index is 0. The average molecular weight is 372 g/mol. The van der Waals surface area contributed by atoms with Crippen LogP contribution in [0.1, 0.15) is 20.8 Å². The van der Waals surface area contributed by atoms with Gasteiger partial charge in [-0.2, -0.15) is 0 Å². The number of hydrogen-bond acceptors (Lipinski definition) is 3. The van der Waals surface area contributed by atoms with Gasteiger partial charge in [-0.05, 0) is 20.0 Å². The maximum atomic E-state index is 5.25. The molecule has 0 aliphatic rings. The smallest absolute Gasteiger partial charge is 0.191 e. The molecule has 110 valence electrons. The summed E-state index contributed by atoms with van der Waals surface area (Å²) in [6, 6.07) is 0. The standard InChI is InChI=1S/C12H28N4O.HI/c1-5-16(6-2)10-8-14-12(13-4)15-9-11-17-7-3;/h5-11H2,1-4H3,(H2,13,14,15);1H. The first-order valence-corrected chi connectivity index (χ1v) is 6.53. The summed E-state index contributed by atoms with van der Waals surface area (Å²) < 4.78 is 5.25. The molecule has 18 heavy (non-hydrogen) atoms. The first-order chi connectivity index (χ1) is 8.28. The van der Waals surface area contributed by atoms with Crippen molar-refractivity contribution in [2.75, 3.05) is 53.0 Å². The number of ether oxygens (including phenoxy) is 1. The number of nitrogens with one attached hydrogen (secondary N) is 2. The lowest BCUT2D eigenvalue weighted by Crippen LogP contribution is -2.42. The van der Waals surface area contributed by atoms with Crippen LogP contribution >= 0.6 is 24.0 Å². The fraction of sp³-hybridized carbons (Fsp3) is 0.917. The van der Waals surface area contributed by atoms with E-state index in [0.29, 0.717) is 6.61 Å². The normalized spacial score (nSPS) is 11.3. The fourth-order valence-corrected chi connectivity index (χ4v) is 1.48. The molecule has 0 aromatic heterocycles. The van der Waals surface area contributed by atoms with Crippen molar-refractivity contribution in [3.63, 3.8) is 0 Å². The van der Waals surface area contributed by atoms with Crippen LogP contribution in [-0.4, -0.2) is 63.8 Å². The predicted molar refractivity (Wildman–Crippen MR) is 89.1 cm³/mol. The Labute approximate surface area is 129 Å². The average Bonchev–Trinajstić information content (AvgIpc) is 2.37. The van der Waals surface area contributed by atoms with Crippen LogP contribution in [0.2, 0.25) is 0 Å². The highest BCUT2D eigenvalue weighted by Crippen LogP contribution is 1.84. The highest BCUT2D eigenvalue weighted by atomic mass is 127. The van der Waals surface area contributed by atoms with Crippen LogP contribution in [0.15, 0.2) is 4.99 Å². The number of guanidine groups is 1. The van der Waals surface area contributed by atoms with Crippen molar-refractivity contribution >= 4 is 29.9 Å². The van der Waals surface area contributed by atoms with Crippen LogP contribution in [0.25, 0.3) is 0 Å². The Bertz CT molecular complexity index is 199. The van der Waals surface area contributed by atoms with Gasteiger partial charge in [0.05, 0.1) is 6.61 Å². The van der Waals surface area contributed by atoms with Gasteiger partial charge in [0.25, 0.3) is 0 Å². The molecule has 0 spiro atoms. The zero-order valence-corrected chi connectivity index (χ0v) is 14.5. The van der Waals surface area contributed by atoms with E-state index in [-0.39, 0.29) is 24.0 Å². The summed E-state index contributed by atoms with van der Waals surface area (Å²) in [5.74, 6) is 0.844. The van der Waals surface area contributed by atoms with Crippen molar-refractivity contribution in [2.24, 2.45) is 4.99 Å². The predicted octanol–water partition coefficient (Wildman–Crippen LogP) is 1.15. The second kappa shape index (κ2) is 15.0. The molecule has 0 aromatic rings. The lowest BCUT2D eigenvalue weighted by Gasteiger charge is -2.19. The van der Waals surface area contributed by atoms with Crippen LogP contribution in [0.5, 0.6) is 0 Å². The molecule has 0 aliphatic heterocycles. The van der Waals surface area contributed by atoms with Crippen molar-refractivity contribution in [1.82, 2.24) is 15.5 Å². The first-order valence-electron chi connectivity index (χ1n) is 6.53. The largest absolute Gasteiger partial charge is 0.380 e. The van der Waals surface area contributed by atoms with E-state index in [9.17, 15) is 0 Å². The van der Waals surface area contributed by atoms with Crippen molar-refractivity contribution in [2.45, 2.75) is 20.8 Å². The van der Waals surface area contributed by atoms with E-state index >= 15 is 0 Å². The molecule has 0 unspecified atom stereocenters. The lowest BCUT2D eigenvalue weighted by atomic mass is 10.4. The van der Waals surface area contributed by atoms with E-state index in [1.165, 1.54) is 0 Å². The topological polar surface area (TPSA) is 48.9 Å². The summed E-state index contributed by atoms with van der Waals surface area (Å²) in [6.45, 7) is 12.8. The quantitative estimate of drug-likeness (QED) is 0.276. The summed E-state index contributed by atoms with van der Waals surface area (Å²) in [5, 5.41) is 6.50. The van der Waals surface area contributed by atoms with E-state index in [4.69, 9.17) is 4.74 Å². The van der Waals surface area contributed by atoms with Gasteiger partial charge in [0.15, 0.2) is 5.96 Å². The molecule has 2 N–H and O–H groups in total. The molecule has 0 heterocycles. The zero-order valence-electron chi connectivity index (χ0n) is 12.2. The van der Waals surface area contributed by atoms with Crippen molar-refractivity contribution in [3.05, 3.63) is 0 Å². The van der Waals surface area contributed by atoms with Crippen LogP contribution in [0.4, 0.5) is 0 Å². The molecule has 0 rings (SSSR count). The second-order valence-electron chi connectivity index (χ2n) is 3.65. The minimum Gasteiger partial charge on any atom is -0.380 e. The van der Waals surface area contributed by atoms with Gasteiger partial charge in [-0.25, -0.2) is 0 Å². The van der Waals surface area contributed by atoms with Crippen LogP contribution < -0.4 is 10.6 Å². The molecular weight excluding hydrogens is 343 g/mol. The highest BCUT2D eigenvalue weighted by Gasteiger charge is 2.00. The van der Waals surface area contributed by atoms with Gasteiger partial charge in [0, 0.05) is 33.3 Å². The van der Waals surface area contributed by atoms with Gasteiger partial charge >= 0.3 is 0 Å². The van der Waals surface area contributed by atoms with Crippen LogP contribution in [-0.2, 0) is 4.74 Å². The van der Waals surface area contributed by atoms with Gasteiger partial charge in [-0.1, -0.05) is 13.8 Å². The van der Waals surface area contributed by atoms with E-state index in [0.717, 1.165) is 45.3 Å². The zero-order chi connectivity index (χ0) is 12.9. The summed E-state index contributed by atoms with van der Waals surface area (Å²) in [4.78, 5) is 6.53. The van der Waals surface area contributed by atoms with Gasteiger partial charge in [-0.3, -0.25) is 4.99 Å². The summed E-state index contributed by atoms with van der Waals surface area (Å²) in [5.41, 5.74) is 0. The Morgan fingerprint density at radius 3 is 2.22 bits per heavy atom. The Morgan fingerprint density at radius 2 is 1.72 bits per heavy atom. The third kappa shape index (κ3) is 11.0. The molecule has 6 heteroatoms. The van der Waals surface area contributed by atoms with Gasteiger partial charge in [0.1, 0.15) is 0 Å². The number of aliphatic imine (C=N–C) groups is 1. The van der Waals surface area contributed by atoms with Crippen LogP contribution in [0.3, 0.4) is 0 Å². The van der Waals surface area contributed by atoms with Crippen molar-refractivity contribution in [3.8, 4) is 0 Å². The van der Waals surface area contributed by atoms with E-state index in [2.05, 4.69) is 34.4 Å². The van der Waals surface area contributed by atoms with Crippen LogP contribution in [0, 0.1) is 0 Å². The first kappa shape index (κ1) is 20.2. The van der Waals surface area contributed by atoms with Crippen molar-refractivity contribution in [1.29, 1.82) is 0 Å². The molecule has 0 bridgehead atoms. The Hall–Kier alpha value is -0.0800.